The van der Waals surface area contributed by atoms with Gasteiger partial charge in [-0.05, 0) is 42.9 Å². The Morgan fingerprint density at radius 2 is 2.15 bits per heavy atom. The van der Waals surface area contributed by atoms with Crippen LogP contribution < -0.4 is 5.32 Å². The van der Waals surface area contributed by atoms with E-state index < -0.39 is 11.6 Å². The molecule has 1 atom stereocenters. The van der Waals surface area contributed by atoms with Gasteiger partial charge in [-0.15, -0.1) is 0 Å². The molecule has 2 amide bonds. The Kier molecular flexibility index (Phi) is 6.16. The Morgan fingerprint density at radius 3 is 2.89 bits per heavy atom. The molecular formula is C19H21F2N3O3. The summed E-state index contributed by atoms with van der Waals surface area (Å²) in [4.78, 5) is 29.8. The van der Waals surface area contributed by atoms with Gasteiger partial charge in [-0.2, -0.15) is 0 Å². The molecule has 1 fully saturated rings. The zero-order valence-corrected chi connectivity index (χ0v) is 14.8. The van der Waals surface area contributed by atoms with Gasteiger partial charge < -0.3 is 14.6 Å². The molecule has 3 rings (SSSR count). The van der Waals surface area contributed by atoms with Gasteiger partial charge >= 0.3 is 0 Å². The normalized spacial score (nSPS) is 17.0. The number of hydrogen-bond donors (Lipinski definition) is 1. The van der Waals surface area contributed by atoms with E-state index in [1.54, 1.807) is 4.90 Å². The molecule has 6 nitrogen and oxygen atoms in total. The maximum atomic E-state index is 13.2. The first-order valence-electron chi connectivity index (χ1n) is 8.91. The smallest absolute Gasteiger partial charge is 0.291 e. The average Bonchev–Trinajstić information content (AvgIpc) is 3.21. The highest BCUT2D eigenvalue weighted by Gasteiger charge is 2.26. The van der Waals surface area contributed by atoms with Crippen molar-refractivity contribution >= 4 is 11.8 Å². The molecule has 27 heavy (non-hydrogen) atoms. The summed E-state index contributed by atoms with van der Waals surface area (Å²) in [6, 6.07) is 3.55. The van der Waals surface area contributed by atoms with Crippen LogP contribution in [0.5, 0.6) is 0 Å². The van der Waals surface area contributed by atoms with Crippen LogP contribution in [0.3, 0.4) is 0 Å². The molecule has 0 aliphatic carbocycles. The molecule has 144 valence electrons. The molecule has 1 saturated heterocycles. The second-order valence-corrected chi connectivity index (χ2v) is 6.69. The molecule has 0 bridgehead atoms. The number of amides is 2. The number of nitrogens with one attached hydrogen (secondary N) is 1. The van der Waals surface area contributed by atoms with Crippen LogP contribution in [0, 0.1) is 17.6 Å². The lowest BCUT2D eigenvalue weighted by molar-refractivity contribution is -0.121. The van der Waals surface area contributed by atoms with E-state index in [0.29, 0.717) is 31.5 Å². The highest BCUT2D eigenvalue weighted by Crippen LogP contribution is 2.22. The van der Waals surface area contributed by atoms with E-state index in [0.717, 1.165) is 25.0 Å². The van der Waals surface area contributed by atoms with Crippen LogP contribution in [0.25, 0.3) is 0 Å². The Bertz CT molecular complexity index is 796. The summed E-state index contributed by atoms with van der Waals surface area (Å²) in [7, 11) is 0. The lowest BCUT2D eigenvalue weighted by Crippen LogP contribution is -2.40. The summed E-state index contributed by atoms with van der Waals surface area (Å²) in [6.45, 7) is 1.39. The van der Waals surface area contributed by atoms with Gasteiger partial charge in [0.25, 0.3) is 5.91 Å². The second-order valence-electron chi connectivity index (χ2n) is 6.69. The molecule has 8 heteroatoms. The minimum Gasteiger partial charge on any atom is -0.438 e. The van der Waals surface area contributed by atoms with Gasteiger partial charge in [0.1, 0.15) is 0 Å². The first-order valence-corrected chi connectivity index (χ1v) is 8.91. The molecule has 1 N–H and O–H groups in total. The van der Waals surface area contributed by atoms with Gasteiger partial charge in [0.15, 0.2) is 18.0 Å². The number of nitrogens with zero attached hydrogens (tertiary/aromatic N) is 2. The summed E-state index contributed by atoms with van der Waals surface area (Å²) in [5.74, 6) is -1.72. The molecule has 2 heterocycles. The number of hydrogen-bond acceptors (Lipinski definition) is 4. The quantitative estimate of drug-likeness (QED) is 0.840. The largest absolute Gasteiger partial charge is 0.438 e. The molecule has 2 aromatic rings. The second kappa shape index (κ2) is 8.75. The van der Waals surface area contributed by atoms with Gasteiger partial charge in [-0.1, -0.05) is 6.07 Å². The molecule has 1 aromatic carbocycles. The molecule has 0 saturated carbocycles. The highest BCUT2D eigenvalue weighted by atomic mass is 19.2. The predicted molar refractivity (Wildman–Crippen MR) is 92.6 cm³/mol. The number of carbonyl (C=O) groups excluding carboxylic acids is 2. The first-order chi connectivity index (χ1) is 13.0. The highest BCUT2D eigenvalue weighted by molar-refractivity contribution is 5.91. The number of rotatable bonds is 6. The molecule has 1 aliphatic heterocycles. The topological polar surface area (TPSA) is 75.4 Å². The molecule has 1 aromatic heterocycles. The lowest BCUT2D eigenvalue weighted by atomic mass is 9.93. The molecule has 0 radical (unpaired) electrons. The maximum Gasteiger partial charge on any atom is 0.291 e. The van der Waals surface area contributed by atoms with Gasteiger partial charge in [-0.25, -0.2) is 13.8 Å². The number of carbonyl (C=O) groups is 2. The zero-order valence-electron chi connectivity index (χ0n) is 14.8. The van der Waals surface area contributed by atoms with Crippen molar-refractivity contribution in [1.29, 1.82) is 0 Å². The number of piperidine rings is 1. The van der Waals surface area contributed by atoms with Crippen LogP contribution in [0.1, 0.15) is 41.8 Å². The Labute approximate surface area is 155 Å². The molecular weight excluding hydrogens is 356 g/mol. The maximum absolute atomic E-state index is 13.2. The summed E-state index contributed by atoms with van der Waals surface area (Å²) in [6.07, 6.45) is 5.43. The average molecular weight is 377 g/mol. The third kappa shape index (κ3) is 5.12. The number of oxazole rings is 1. The van der Waals surface area contributed by atoms with Crippen LogP contribution >= 0.6 is 0 Å². The van der Waals surface area contributed by atoms with Gasteiger partial charge in [0.2, 0.25) is 11.7 Å². The van der Waals surface area contributed by atoms with Crippen molar-refractivity contribution in [3.63, 3.8) is 0 Å². The molecule has 0 unspecified atom stereocenters. The monoisotopic (exact) mass is 377 g/mol. The summed E-state index contributed by atoms with van der Waals surface area (Å²) < 4.78 is 31.1. The van der Waals surface area contributed by atoms with Crippen LogP contribution in [-0.2, 0) is 11.3 Å². The van der Waals surface area contributed by atoms with E-state index in [9.17, 15) is 18.4 Å². The van der Waals surface area contributed by atoms with Crippen LogP contribution in [0.2, 0.25) is 0 Å². The van der Waals surface area contributed by atoms with Crippen molar-refractivity contribution in [2.45, 2.75) is 32.2 Å². The fourth-order valence-electron chi connectivity index (χ4n) is 3.24. The van der Waals surface area contributed by atoms with E-state index in [1.165, 1.54) is 18.7 Å². The van der Waals surface area contributed by atoms with Crippen molar-refractivity contribution in [3.05, 3.63) is 53.7 Å². The Morgan fingerprint density at radius 1 is 1.30 bits per heavy atom. The van der Waals surface area contributed by atoms with Crippen LogP contribution in [0.15, 0.2) is 35.2 Å². The van der Waals surface area contributed by atoms with E-state index in [4.69, 9.17) is 4.42 Å². The summed E-state index contributed by atoms with van der Waals surface area (Å²) >= 11 is 0. The Hall–Kier alpha value is -2.77. The lowest BCUT2D eigenvalue weighted by Gasteiger charge is -2.32. The summed E-state index contributed by atoms with van der Waals surface area (Å²) in [5, 5.41) is 2.71. The fourth-order valence-corrected chi connectivity index (χ4v) is 3.24. The minimum atomic E-state index is -0.930. The number of aromatic nitrogens is 1. The van der Waals surface area contributed by atoms with Gasteiger partial charge in [0, 0.05) is 26.1 Å². The summed E-state index contributed by atoms with van der Waals surface area (Å²) in [5.41, 5.74) is 0.503. The van der Waals surface area contributed by atoms with Crippen LogP contribution in [-0.4, -0.2) is 34.8 Å². The third-order valence-corrected chi connectivity index (χ3v) is 4.70. The van der Waals surface area contributed by atoms with E-state index in [2.05, 4.69) is 10.3 Å². The van der Waals surface area contributed by atoms with Gasteiger partial charge in [-0.3, -0.25) is 9.59 Å². The first kappa shape index (κ1) is 19.0. The standard InChI is InChI=1S/C19H21F2N3O3/c20-15-5-3-14(8-16(15)21)9-23-18(25)6-4-13-2-1-7-24(11-13)19(26)17-10-22-12-27-17/h3,5,8,10,12-13H,1-2,4,6-7,9,11H2,(H,23,25)/t13-/m1/s1. The molecule has 0 spiro atoms. The van der Waals surface area contributed by atoms with E-state index in [-0.39, 0.29) is 30.0 Å². The fraction of sp³-hybridized carbons (Fsp3) is 0.421. The SMILES string of the molecule is O=C(CC[C@H]1CCCN(C(=O)c2cnco2)C1)NCc1ccc(F)c(F)c1. The van der Waals surface area contributed by atoms with Crippen molar-refractivity contribution < 1.29 is 22.8 Å². The predicted octanol–water partition coefficient (Wildman–Crippen LogP) is 2.90. The Balaban J connectivity index is 1.43. The number of halogens is 2. The third-order valence-electron chi connectivity index (χ3n) is 4.70. The van der Waals surface area contributed by atoms with E-state index >= 15 is 0 Å². The minimum absolute atomic E-state index is 0.150. The van der Waals surface area contributed by atoms with Crippen molar-refractivity contribution in [2.75, 3.05) is 13.1 Å². The van der Waals surface area contributed by atoms with Crippen molar-refractivity contribution in [2.24, 2.45) is 5.92 Å². The molecule has 1 aliphatic rings. The van der Waals surface area contributed by atoms with Crippen molar-refractivity contribution in [1.82, 2.24) is 15.2 Å². The van der Waals surface area contributed by atoms with Crippen molar-refractivity contribution in [3.8, 4) is 0 Å². The van der Waals surface area contributed by atoms with Crippen LogP contribution in [0.4, 0.5) is 8.78 Å². The van der Waals surface area contributed by atoms with E-state index in [1.807, 2.05) is 0 Å². The number of likely N-dealkylation sites (tertiary alicyclic amines) is 1. The zero-order chi connectivity index (χ0) is 19.2. The number of benzene rings is 1. The van der Waals surface area contributed by atoms with Gasteiger partial charge in [0.05, 0.1) is 6.20 Å².